The molecule has 1 heterocycles. The van der Waals surface area contributed by atoms with E-state index in [4.69, 9.17) is 0 Å². The highest BCUT2D eigenvalue weighted by Gasteiger charge is 2.54. The normalized spacial score (nSPS) is 26.5. The van der Waals surface area contributed by atoms with Crippen molar-refractivity contribution in [1.29, 1.82) is 0 Å². The second kappa shape index (κ2) is 6.62. The van der Waals surface area contributed by atoms with Crippen molar-refractivity contribution in [3.63, 3.8) is 0 Å². The van der Waals surface area contributed by atoms with Crippen LogP contribution in [0.5, 0.6) is 0 Å². The number of nitrogens with zero attached hydrogens (tertiary/aromatic N) is 1. The highest BCUT2D eigenvalue weighted by atomic mass is 32.1. The Hall–Kier alpha value is -1.33. The third-order valence-electron chi connectivity index (χ3n) is 4.51. The number of hydrogen-bond acceptors (Lipinski definition) is 3. The fourth-order valence-corrected chi connectivity index (χ4v) is 3.52. The van der Waals surface area contributed by atoms with E-state index >= 15 is 0 Å². The molecule has 5 heteroatoms. The first-order valence-electron chi connectivity index (χ1n) is 7.32. The van der Waals surface area contributed by atoms with Crippen molar-refractivity contribution in [2.24, 2.45) is 5.92 Å². The van der Waals surface area contributed by atoms with Crippen LogP contribution in [-0.4, -0.2) is 39.9 Å². The number of imide groups is 1. The zero-order valence-corrected chi connectivity index (χ0v) is 13.1. The minimum Gasteiger partial charge on any atom is -0.435 e. The van der Waals surface area contributed by atoms with Crippen LogP contribution in [0.2, 0.25) is 0 Å². The number of benzene rings is 1. The summed E-state index contributed by atoms with van der Waals surface area (Å²) in [6, 6.07) is 9.54. The predicted octanol–water partition coefficient (Wildman–Crippen LogP) is 2.98. The number of carboxylic acid groups (broad SMARTS) is 1. The second-order valence-corrected chi connectivity index (χ2v) is 6.14. The number of carbonyl (C=O) groups is 2. The molecule has 0 aliphatic carbocycles. The first kappa shape index (κ1) is 16.0. The molecular formula is C16H22NO3S+. The number of carbonyl (C=O) groups excluding carboxylic acids is 1. The average molecular weight is 308 g/mol. The summed E-state index contributed by atoms with van der Waals surface area (Å²) in [5.41, 5.74) is 1.04. The van der Waals surface area contributed by atoms with Gasteiger partial charge in [0.15, 0.2) is 0 Å². The summed E-state index contributed by atoms with van der Waals surface area (Å²) in [5, 5.41) is 9.64. The van der Waals surface area contributed by atoms with Crippen molar-refractivity contribution in [2.75, 3.05) is 12.3 Å². The van der Waals surface area contributed by atoms with Gasteiger partial charge in [-0.2, -0.15) is 21.9 Å². The van der Waals surface area contributed by atoms with Gasteiger partial charge in [-0.3, -0.25) is 0 Å². The highest BCUT2D eigenvalue weighted by molar-refractivity contribution is 7.80. The minimum atomic E-state index is -1.02. The highest BCUT2D eigenvalue weighted by Crippen LogP contribution is 2.31. The molecule has 2 unspecified atom stereocenters. The zero-order chi connectivity index (χ0) is 15.5. The van der Waals surface area contributed by atoms with Gasteiger partial charge in [0.05, 0.1) is 12.5 Å². The summed E-state index contributed by atoms with van der Waals surface area (Å²) in [7, 11) is 0. The van der Waals surface area contributed by atoms with Crippen molar-refractivity contribution in [1.82, 2.24) is 0 Å². The Bertz CT molecular complexity index is 520. The van der Waals surface area contributed by atoms with Gasteiger partial charge < -0.3 is 5.11 Å². The molecule has 0 bridgehead atoms. The Kier molecular flexibility index (Phi) is 5.06. The Labute approximate surface area is 130 Å². The van der Waals surface area contributed by atoms with Gasteiger partial charge in [-0.25, -0.2) is 4.79 Å². The van der Waals surface area contributed by atoms with E-state index in [9.17, 15) is 14.7 Å². The Morgan fingerprint density at radius 1 is 1.38 bits per heavy atom. The van der Waals surface area contributed by atoms with E-state index in [0.717, 1.165) is 18.4 Å². The zero-order valence-electron chi connectivity index (χ0n) is 12.2. The molecule has 1 aliphatic heterocycles. The van der Waals surface area contributed by atoms with E-state index < -0.39 is 10.6 Å². The Morgan fingerprint density at radius 2 is 2.05 bits per heavy atom. The maximum atomic E-state index is 12.9. The molecule has 1 aromatic carbocycles. The molecule has 0 saturated carbocycles. The summed E-state index contributed by atoms with van der Waals surface area (Å²) in [6.45, 7) is 2.26. The van der Waals surface area contributed by atoms with Crippen LogP contribution in [0.3, 0.4) is 0 Å². The smallest absolute Gasteiger partial charge is 0.435 e. The molecule has 1 fully saturated rings. The van der Waals surface area contributed by atoms with Gasteiger partial charge in [0.2, 0.25) is 0 Å². The molecule has 1 N–H and O–H groups in total. The summed E-state index contributed by atoms with van der Waals surface area (Å²) in [4.78, 5) is 24.7. The molecular weight excluding hydrogens is 286 g/mol. The van der Waals surface area contributed by atoms with Crippen LogP contribution in [0.4, 0.5) is 4.79 Å². The molecule has 21 heavy (non-hydrogen) atoms. The molecule has 2 rings (SSSR count). The van der Waals surface area contributed by atoms with Gasteiger partial charge in [0.1, 0.15) is 6.04 Å². The fraction of sp³-hybridized carbons (Fsp3) is 0.500. The third-order valence-corrected chi connectivity index (χ3v) is 4.96. The van der Waals surface area contributed by atoms with E-state index in [-0.39, 0.29) is 17.9 Å². The van der Waals surface area contributed by atoms with E-state index in [1.807, 2.05) is 37.3 Å². The fourth-order valence-electron chi connectivity index (χ4n) is 3.24. The lowest BCUT2D eigenvalue weighted by Gasteiger charge is -2.32. The van der Waals surface area contributed by atoms with Crippen LogP contribution in [0, 0.1) is 5.92 Å². The molecule has 1 saturated heterocycles. The van der Waals surface area contributed by atoms with Gasteiger partial charge in [0.25, 0.3) is 0 Å². The van der Waals surface area contributed by atoms with Crippen LogP contribution >= 0.6 is 12.6 Å². The summed E-state index contributed by atoms with van der Waals surface area (Å²) in [6.07, 6.45) is 1.08. The number of likely N-dealkylation sites (tertiary alicyclic amines) is 1. The lowest BCUT2D eigenvalue weighted by Crippen LogP contribution is -2.61. The molecule has 3 atom stereocenters. The lowest BCUT2D eigenvalue weighted by atomic mass is 9.98. The summed E-state index contributed by atoms with van der Waals surface area (Å²) in [5.74, 6) is -0.202. The molecule has 1 aromatic rings. The number of rotatable bonds is 4. The molecule has 0 radical (unpaired) electrons. The minimum absolute atomic E-state index is 0.159. The first-order valence-corrected chi connectivity index (χ1v) is 7.96. The molecule has 2 amide bonds. The number of thiol groups is 1. The van der Waals surface area contributed by atoms with Crippen LogP contribution in [0.15, 0.2) is 30.3 Å². The molecule has 0 spiro atoms. The molecule has 114 valence electrons. The van der Waals surface area contributed by atoms with Crippen LogP contribution in [0.25, 0.3) is 0 Å². The number of quaternary nitrogens is 1. The van der Waals surface area contributed by atoms with Crippen molar-refractivity contribution in [3.05, 3.63) is 35.9 Å². The second-order valence-electron chi connectivity index (χ2n) is 5.77. The molecule has 1 aliphatic rings. The van der Waals surface area contributed by atoms with Gasteiger partial charge in [-0.15, -0.1) is 0 Å². The third kappa shape index (κ3) is 2.99. The van der Waals surface area contributed by atoms with E-state index in [1.54, 1.807) is 0 Å². The van der Waals surface area contributed by atoms with E-state index in [1.165, 1.54) is 0 Å². The van der Waals surface area contributed by atoms with Gasteiger partial charge >= 0.3 is 12.0 Å². The summed E-state index contributed by atoms with van der Waals surface area (Å²) >= 11 is 4.29. The van der Waals surface area contributed by atoms with Gasteiger partial charge in [-0.1, -0.05) is 30.3 Å². The molecule has 4 nitrogen and oxygen atoms in total. The van der Waals surface area contributed by atoms with Crippen LogP contribution in [0.1, 0.15) is 25.3 Å². The van der Waals surface area contributed by atoms with Crippen LogP contribution in [-0.2, 0) is 11.2 Å². The quantitative estimate of drug-likeness (QED) is 0.664. The maximum absolute atomic E-state index is 12.9. The largest absolute Gasteiger partial charge is 0.521 e. The topological polar surface area (TPSA) is 54.4 Å². The van der Waals surface area contributed by atoms with Crippen LogP contribution < -0.4 is 0 Å². The van der Waals surface area contributed by atoms with Crippen molar-refractivity contribution in [2.45, 2.75) is 32.2 Å². The first-order chi connectivity index (χ1) is 10.0. The van der Waals surface area contributed by atoms with Gasteiger partial charge in [0, 0.05) is 18.6 Å². The Balaban J connectivity index is 2.24. The lowest BCUT2D eigenvalue weighted by molar-refractivity contribution is -0.794. The number of amides is 2. The average Bonchev–Trinajstić information content (AvgIpc) is 2.88. The van der Waals surface area contributed by atoms with E-state index in [2.05, 4.69) is 12.6 Å². The van der Waals surface area contributed by atoms with Crippen molar-refractivity contribution in [3.8, 4) is 0 Å². The van der Waals surface area contributed by atoms with Crippen molar-refractivity contribution >= 4 is 24.6 Å². The van der Waals surface area contributed by atoms with Crippen molar-refractivity contribution < 1.29 is 19.2 Å². The van der Waals surface area contributed by atoms with Gasteiger partial charge in [-0.05, 0) is 18.9 Å². The number of hydrogen-bond donors (Lipinski definition) is 2. The van der Waals surface area contributed by atoms with E-state index in [0.29, 0.717) is 18.7 Å². The molecule has 0 aromatic heterocycles. The monoisotopic (exact) mass is 308 g/mol. The SMILES string of the molecule is C[C@@H]1CCC[N+]1(C(=O)O)C(=O)C(CS)Cc1ccccc1. The maximum Gasteiger partial charge on any atom is 0.521 e. The standard InChI is InChI=1S/C16H21NO3S/c1-12-6-5-9-17(12,16(19)20)15(18)14(11-21)10-13-7-3-2-4-8-13/h2-4,7-8,12,14H,5-6,9-11H2,1H3,(H-,19,20,21)/p+1/t12-,14?,17?/m1/s1. The predicted molar refractivity (Wildman–Crippen MR) is 84.3 cm³/mol. The summed E-state index contributed by atoms with van der Waals surface area (Å²) < 4.78 is -0.432. The Morgan fingerprint density at radius 3 is 2.52 bits per heavy atom.